The zero-order chi connectivity index (χ0) is 38.5. The molecule has 0 spiro atoms. The number of hydroxylamine groups is 2. The van der Waals surface area contributed by atoms with Crippen LogP contribution in [0.3, 0.4) is 0 Å². The van der Waals surface area contributed by atoms with Crippen LogP contribution in [0.4, 0.5) is 0 Å². The van der Waals surface area contributed by atoms with E-state index in [1.807, 2.05) is 54.6 Å². The van der Waals surface area contributed by atoms with Crippen molar-refractivity contribution in [2.45, 2.75) is 24.8 Å². The average Bonchev–Trinajstić information content (AvgIpc) is 3.21. The van der Waals surface area contributed by atoms with Gasteiger partial charge in [0, 0.05) is 49.2 Å². The van der Waals surface area contributed by atoms with Crippen LogP contribution in [0.1, 0.15) is 28.5 Å². The second-order valence-corrected chi connectivity index (χ2v) is 15.6. The summed E-state index contributed by atoms with van der Waals surface area (Å²) in [5, 5.41) is 1.40. The number of aromatic amines is 1. The van der Waals surface area contributed by atoms with E-state index < -0.39 is 36.1 Å². The summed E-state index contributed by atoms with van der Waals surface area (Å²) in [5.74, 6) is 0. The van der Waals surface area contributed by atoms with E-state index in [4.69, 9.17) is 44.1 Å². The molecule has 296 valence electrons. The summed E-state index contributed by atoms with van der Waals surface area (Å²) in [4.78, 5) is 30.4. The van der Waals surface area contributed by atoms with Crippen molar-refractivity contribution in [1.29, 1.82) is 0 Å². The molecule has 4 aromatic rings. The lowest BCUT2D eigenvalue weighted by Crippen LogP contribution is -2.58. The second-order valence-electron chi connectivity index (χ2n) is 13.1. The number of nitrogens with one attached hydrogen (secondary N) is 1. The SMILES string of the molecule is Cc1cn(C2CN(C(c3ccccc3)(c3ccccc3)c3ccccc3)CC(COP(=O)(Cl)ON3CCOCCOCCOCCOCC3)O2)c(=O)[nH]c1=O. The van der Waals surface area contributed by atoms with Crippen molar-refractivity contribution in [2.24, 2.45) is 0 Å². The van der Waals surface area contributed by atoms with Crippen molar-refractivity contribution in [3.63, 3.8) is 0 Å². The summed E-state index contributed by atoms with van der Waals surface area (Å²) < 4.78 is 55.6. The molecule has 2 aliphatic heterocycles. The molecule has 0 saturated carbocycles. The first-order chi connectivity index (χ1) is 26.8. The third-order valence-electron chi connectivity index (χ3n) is 9.37. The maximum atomic E-state index is 13.8. The quantitative estimate of drug-likeness (QED) is 0.175. The fraction of sp³-hybridized carbons (Fsp3) is 0.436. The largest absolute Gasteiger partial charge is 0.440 e. The highest BCUT2D eigenvalue weighted by Gasteiger charge is 2.47. The highest BCUT2D eigenvalue weighted by atomic mass is 35.7. The topological polar surface area (TPSA) is 143 Å². The van der Waals surface area contributed by atoms with E-state index in [0.717, 1.165) is 16.7 Å². The fourth-order valence-corrected chi connectivity index (χ4v) is 8.11. The molecule has 1 N–H and O–H groups in total. The molecule has 3 aromatic carbocycles. The van der Waals surface area contributed by atoms with Gasteiger partial charge in [-0.1, -0.05) is 91.0 Å². The van der Waals surface area contributed by atoms with Gasteiger partial charge in [0.1, 0.15) is 0 Å². The Kier molecular flexibility index (Phi) is 15.0. The number of H-pyrrole nitrogens is 1. The summed E-state index contributed by atoms with van der Waals surface area (Å²) in [7, 11) is 0. The van der Waals surface area contributed by atoms with E-state index in [0.29, 0.717) is 45.2 Å². The highest BCUT2D eigenvalue weighted by Crippen LogP contribution is 2.54. The summed E-state index contributed by atoms with van der Waals surface area (Å²) in [6.07, 6.45) is -0.187. The van der Waals surface area contributed by atoms with Crippen LogP contribution in [0.5, 0.6) is 0 Å². The number of ether oxygens (including phenoxy) is 5. The van der Waals surface area contributed by atoms with Crippen LogP contribution in [0.15, 0.2) is 107 Å². The monoisotopic (exact) mass is 798 g/mol. The first-order valence-corrected chi connectivity index (χ1v) is 20.8. The zero-order valence-electron chi connectivity index (χ0n) is 30.8. The molecular formula is C39H48ClN4O10P. The molecule has 3 unspecified atom stereocenters. The molecule has 16 heteroatoms. The van der Waals surface area contributed by atoms with Gasteiger partial charge in [-0.3, -0.25) is 23.8 Å². The molecule has 3 heterocycles. The van der Waals surface area contributed by atoms with Crippen LogP contribution in [0.25, 0.3) is 0 Å². The Bertz CT molecular complexity index is 1830. The molecule has 1 aromatic heterocycles. The normalized spacial score (nSPS) is 21.6. The van der Waals surface area contributed by atoms with E-state index in [1.54, 1.807) is 6.92 Å². The predicted octanol–water partition coefficient (Wildman–Crippen LogP) is 4.71. The first-order valence-electron chi connectivity index (χ1n) is 18.4. The molecular weight excluding hydrogens is 751 g/mol. The Morgan fingerprint density at radius 3 is 1.71 bits per heavy atom. The molecule has 0 amide bonds. The number of aromatic nitrogens is 2. The molecule has 2 aliphatic rings. The number of morpholine rings is 1. The summed E-state index contributed by atoms with van der Waals surface area (Å²) in [6, 6.07) is 30.3. The van der Waals surface area contributed by atoms with E-state index in [-0.39, 0.29) is 46.0 Å². The van der Waals surface area contributed by atoms with Crippen molar-refractivity contribution >= 4 is 18.2 Å². The molecule has 14 nitrogen and oxygen atoms in total. The lowest BCUT2D eigenvalue weighted by Gasteiger charge is -2.50. The molecule has 0 bridgehead atoms. The van der Waals surface area contributed by atoms with Gasteiger partial charge in [0.05, 0.1) is 71.1 Å². The van der Waals surface area contributed by atoms with E-state index in [2.05, 4.69) is 46.3 Å². The van der Waals surface area contributed by atoms with Gasteiger partial charge in [-0.25, -0.2) is 14.0 Å². The number of hydrogen-bond donors (Lipinski definition) is 1. The Morgan fingerprint density at radius 1 is 0.745 bits per heavy atom. The Balaban J connectivity index is 1.30. The average molecular weight is 799 g/mol. The van der Waals surface area contributed by atoms with Crippen LogP contribution < -0.4 is 11.2 Å². The Labute approximate surface area is 325 Å². The Hall–Kier alpha value is -3.50. The molecule has 2 saturated heterocycles. The molecule has 6 rings (SSSR count). The van der Waals surface area contributed by atoms with Crippen LogP contribution in [0.2, 0.25) is 0 Å². The molecule has 3 atom stereocenters. The lowest BCUT2D eigenvalue weighted by atomic mass is 9.75. The lowest BCUT2D eigenvalue weighted by molar-refractivity contribution is -0.152. The van der Waals surface area contributed by atoms with Gasteiger partial charge in [-0.05, 0) is 23.6 Å². The fourth-order valence-electron chi connectivity index (χ4n) is 6.84. The van der Waals surface area contributed by atoms with Crippen molar-refractivity contribution < 1.29 is 37.4 Å². The van der Waals surface area contributed by atoms with Crippen molar-refractivity contribution in [2.75, 3.05) is 85.6 Å². The number of rotatable bonds is 10. The van der Waals surface area contributed by atoms with Gasteiger partial charge in [-0.2, -0.15) is 5.06 Å². The van der Waals surface area contributed by atoms with E-state index in [1.165, 1.54) is 15.8 Å². The van der Waals surface area contributed by atoms with Crippen LogP contribution in [-0.4, -0.2) is 111 Å². The highest BCUT2D eigenvalue weighted by molar-refractivity contribution is 7.81. The van der Waals surface area contributed by atoms with Crippen LogP contribution in [0, 0.1) is 6.92 Å². The van der Waals surface area contributed by atoms with Gasteiger partial charge in [0.15, 0.2) is 6.23 Å². The van der Waals surface area contributed by atoms with Crippen molar-refractivity contribution in [1.82, 2.24) is 19.5 Å². The number of halogens is 1. The maximum Gasteiger partial charge on any atom is 0.440 e. The molecule has 55 heavy (non-hydrogen) atoms. The zero-order valence-corrected chi connectivity index (χ0v) is 32.5. The third kappa shape index (κ3) is 10.9. The third-order valence-corrected chi connectivity index (χ3v) is 10.7. The van der Waals surface area contributed by atoms with Gasteiger partial charge in [0.25, 0.3) is 5.56 Å². The van der Waals surface area contributed by atoms with Crippen LogP contribution >= 0.6 is 18.2 Å². The van der Waals surface area contributed by atoms with E-state index in [9.17, 15) is 14.2 Å². The van der Waals surface area contributed by atoms with E-state index >= 15 is 0 Å². The smallest absolute Gasteiger partial charge is 0.378 e. The van der Waals surface area contributed by atoms with Gasteiger partial charge in [0.2, 0.25) is 0 Å². The number of benzene rings is 3. The predicted molar refractivity (Wildman–Crippen MR) is 206 cm³/mol. The maximum absolute atomic E-state index is 13.8. The summed E-state index contributed by atoms with van der Waals surface area (Å²) in [5.41, 5.74) is 1.27. The second kappa shape index (κ2) is 20.1. The minimum atomic E-state index is -4.26. The van der Waals surface area contributed by atoms with Crippen molar-refractivity contribution in [3.8, 4) is 0 Å². The number of nitrogens with zero attached hydrogens (tertiary/aromatic N) is 3. The standard InChI is InChI=1S/C39H48ClN4O10P/c1-31-27-44(38(46)41-37(31)45)36-29-42(39(32-11-5-2-6-12-32,33-13-7-3-8-14-33)34-15-9-4-10-16-34)28-35(53-36)30-52-55(40,47)54-43-17-19-48-21-23-50-25-26-51-24-22-49-20-18-43/h2-16,27,35-36H,17-26,28-30H2,1H3,(H,41,45,46). The molecule has 0 aliphatic carbocycles. The van der Waals surface area contributed by atoms with Crippen molar-refractivity contribution in [3.05, 3.63) is 140 Å². The summed E-state index contributed by atoms with van der Waals surface area (Å²) >= 11 is 6.50. The first kappa shape index (κ1) is 41.1. The Morgan fingerprint density at radius 2 is 1.22 bits per heavy atom. The minimum Gasteiger partial charge on any atom is -0.378 e. The molecule has 0 radical (unpaired) electrons. The van der Waals surface area contributed by atoms with Gasteiger partial charge in [-0.15, -0.1) is 0 Å². The number of aryl methyl sites for hydroxylation is 1. The summed E-state index contributed by atoms with van der Waals surface area (Å²) in [6.45, 7) is 1.04. The number of hydrogen-bond acceptors (Lipinski definition) is 12. The van der Waals surface area contributed by atoms with Crippen LogP contribution in [-0.2, 0) is 42.9 Å². The van der Waals surface area contributed by atoms with Gasteiger partial charge >= 0.3 is 12.6 Å². The van der Waals surface area contributed by atoms with Gasteiger partial charge < -0.3 is 23.7 Å². The minimum absolute atomic E-state index is 0.222. The molecule has 2 fully saturated rings.